The van der Waals surface area contributed by atoms with Crippen LogP contribution < -0.4 is 11.1 Å². The van der Waals surface area contributed by atoms with E-state index in [4.69, 9.17) is 10.2 Å². The molecule has 0 saturated heterocycles. The molecule has 0 bridgehead atoms. The van der Waals surface area contributed by atoms with Crippen LogP contribution in [0.25, 0.3) is 10.8 Å². The van der Waals surface area contributed by atoms with E-state index in [1.54, 1.807) is 0 Å². The number of nitrogens with two attached hydrogens (primary N) is 1. The van der Waals surface area contributed by atoms with Crippen molar-refractivity contribution in [3.8, 4) is 10.8 Å². The molecule has 2 heterocycles. The second-order valence-corrected chi connectivity index (χ2v) is 7.04. The van der Waals surface area contributed by atoms with Crippen LogP contribution >= 0.6 is 11.3 Å². The fraction of sp³-hybridized carbons (Fsp3) is 0.529. The van der Waals surface area contributed by atoms with Crippen LogP contribution in [0.15, 0.2) is 21.9 Å². The van der Waals surface area contributed by atoms with Gasteiger partial charge in [-0.2, -0.15) is 0 Å². The number of furan rings is 1. The maximum atomic E-state index is 12.3. The first-order valence-electron chi connectivity index (χ1n) is 8.16. The molecule has 23 heavy (non-hydrogen) atoms. The molecular weight excluding hydrogens is 310 g/mol. The molecular formula is C17H23N3O2S. The Morgan fingerprint density at radius 1 is 1.43 bits per heavy atom. The Morgan fingerprint density at radius 2 is 2.26 bits per heavy atom. The molecule has 1 saturated carbocycles. The molecule has 3 N–H and O–H groups in total. The molecule has 2 atom stereocenters. The van der Waals surface area contributed by atoms with Crippen molar-refractivity contribution in [3.63, 3.8) is 0 Å². The normalized spacial score (nSPS) is 21.3. The lowest BCUT2D eigenvalue weighted by molar-refractivity contribution is -0.121. The molecule has 6 heteroatoms. The van der Waals surface area contributed by atoms with Crippen LogP contribution in [-0.2, 0) is 11.2 Å². The summed E-state index contributed by atoms with van der Waals surface area (Å²) in [6.07, 6.45) is 4.83. The molecule has 0 radical (unpaired) electrons. The number of hydrogen-bond acceptors (Lipinski definition) is 5. The summed E-state index contributed by atoms with van der Waals surface area (Å²) >= 11 is 1.50. The van der Waals surface area contributed by atoms with E-state index >= 15 is 0 Å². The number of aromatic nitrogens is 1. The number of aryl methyl sites for hydroxylation is 1. The van der Waals surface area contributed by atoms with Crippen LogP contribution in [0.4, 0.5) is 0 Å². The summed E-state index contributed by atoms with van der Waals surface area (Å²) < 4.78 is 5.57. The van der Waals surface area contributed by atoms with Crippen molar-refractivity contribution in [3.05, 3.63) is 29.0 Å². The standard InChI is InChI=1S/C17H23N3O2S/c1-11-6-7-15(22-11)17-19-13(10-23-17)8-16(21)20-14-5-3-2-4-12(14)9-18/h6-7,10,12,14H,2-5,8-9,18H2,1H3,(H,20,21). The zero-order chi connectivity index (χ0) is 16.2. The Labute approximate surface area is 140 Å². The van der Waals surface area contributed by atoms with Crippen molar-refractivity contribution in [1.29, 1.82) is 0 Å². The highest BCUT2D eigenvalue weighted by molar-refractivity contribution is 7.13. The van der Waals surface area contributed by atoms with E-state index < -0.39 is 0 Å². The maximum absolute atomic E-state index is 12.3. The van der Waals surface area contributed by atoms with Gasteiger partial charge in [0.25, 0.3) is 0 Å². The third-order valence-corrected chi connectivity index (χ3v) is 5.31. The van der Waals surface area contributed by atoms with Crippen LogP contribution in [0.2, 0.25) is 0 Å². The third kappa shape index (κ3) is 4.00. The first-order valence-corrected chi connectivity index (χ1v) is 9.04. The van der Waals surface area contributed by atoms with Gasteiger partial charge in [-0.25, -0.2) is 4.98 Å². The van der Waals surface area contributed by atoms with Gasteiger partial charge in [0.15, 0.2) is 10.8 Å². The Kier molecular flexibility index (Phi) is 5.13. The number of amides is 1. The first-order chi connectivity index (χ1) is 11.2. The van der Waals surface area contributed by atoms with E-state index in [-0.39, 0.29) is 11.9 Å². The summed E-state index contributed by atoms with van der Waals surface area (Å²) in [7, 11) is 0. The number of nitrogens with one attached hydrogen (secondary N) is 1. The average Bonchev–Trinajstić information content (AvgIpc) is 3.16. The van der Waals surface area contributed by atoms with E-state index in [0.717, 1.165) is 35.1 Å². The highest BCUT2D eigenvalue weighted by Crippen LogP contribution is 2.26. The van der Waals surface area contributed by atoms with Gasteiger partial charge in [-0.3, -0.25) is 4.79 Å². The van der Waals surface area contributed by atoms with E-state index in [0.29, 0.717) is 18.9 Å². The summed E-state index contributed by atoms with van der Waals surface area (Å²) in [4.78, 5) is 16.8. The van der Waals surface area contributed by atoms with E-state index in [1.807, 2.05) is 24.4 Å². The van der Waals surface area contributed by atoms with Crippen molar-refractivity contribution >= 4 is 17.2 Å². The van der Waals surface area contributed by atoms with Crippen LogP contribution in [0, 0.1) is 12.8 Å². The smallest absolute Gasteiger partial charge is 0.226 e. The van der Waals surface area contributed by atoms with E-state index in [2.05, 4.69) is 10.3 Å². The van der Waals surface area contributed by atoms with E-state index in [1.165, 1.54) is 24.2 Å². The molecule has 0 aliphatic heterocycles. The van der Waals surface area contributed by atoms with Gasteiger partial charge >= 0.3 is 0 Å². The minimum atomic E-state index is 0.0304. The van der Waals surface area contributed by atoms with Crippen molar-refractivity contribution in [2.75, 3.05) is 6.54 Å². The van der Waals surface area contributed by atoms with Gasteiger partial charge in [-0.05, 0) is 44.4 Å². The molecule has 1 amide bonds. The Morgan fingerprint density at radius 3 is 3.00 bits per heavy atom. The Bertz CT molecular complexity index is 664. The average molecular weight is 333 g/mol. The molecule has 1 aliphatic rings. The van der Waals surface area contributed by atoms with Gasteiger partial charge in [0.2, 0.25) is 5.91 Å². The van der Waals surface area contributed by atoms with Crippen molar-refractivity contribution in [2.24, 2.45) is 11.7 Å². The minimum absolute atomic E-state index is 0.0304. The van der Waals surface area contributed by atoms with Gasteiger partial charge in [0.1, 0.15) is 5.76 Å². The predicted molar refractivity (Wildman–Crippen MR) is 91.2 cm³/mol. The molecule has 124 valence electrons. The quantitative estimate of drug-likeness (QED) is 0.881. The second kappa shape index (κ2) is 7.27. The SMILES string of the molecule is Cc1ccc(-c2nc(CC(=O)NC3CCCCC3CN)cs2)o1. The highest BCUT2D eigenvalue weighted by Gasteiger charge is 2.25. The highest BCUT2D eigenvalue weighted by atomic mass is 32.1. The lowest BCUT2D eigenvalue weighted by atomic mass is 9.84. The minimum Gasteiger partial charge on any atom is -0.459 e. The molecule has 0 spiro atoms. The van der Waals surface area contributed by atoms with Gasteiger partial charge in [-0.1, -0.05) is 12.8 Å². The maximum Gasteiger partial charge on any atom is 0.226 e. The molecule has 2 unspecified atom stereocenters. The fourth-order valence-corrected chi connectivity index (χ4v) is 3.93. The van der Waals surface area contributed by atoms with Gasteiger partial charge in [0.05, 0.1) is 12.1 Å². The van der Waals surface area contributed by atoms with Crippen LogP contribution in [0.3, 0.4) is 0 Å². The van der Waals surface area contributed by atoms with Crippen LogP contribution in [-0.4, -0.2) is 23.5 Å². The molecule has 5 nitrogen and oxygen atoms in total. The van der Waals surface area contributed by atoms with E-state index in [9.17, 15) is 4.79 Å². The molecule has 0 aromatic carbocycles. The predicted octanol–water partition coefficient (Wildman–Crippen LogP) is 2.89. The Balaban J connectivity index is 1.58. The van der Waals surface area contributed by atoms with Gasteiger partial charge in [-0.15, -0.1) is 11.3 Å². The molecule has 2 aromatic heterocycles. The van der Waals surface area contributed by atoms with Crippen LogP contribution in [0.1, 0.15) is 37.1 Å². The summed E-state index contributed by atoms with van der Waals surface area (Å²) in [6.45, 7) is 2.55. The van der Waals surface area contributed by atoms with Crippen molar-refractivity contribution < 1.29 is 9.21 Å². The molecule has 3 rings (SSSR count). The summed E-state index contributed by atoms with van der Waals surface area (Å²) in [6, 6.07) is 4.04. The molecule has 1 aliphatic carbocycles. The van der Waals surface area contributed by atoms with Crippen molar-refractivity contribution in [1.82, 2.24) is 10.3 Å². The number of thiazole rings is 1. The lowest BCUT2D eigenvalue weighted by Crippen LogP contribution is -2.45. The number of carbonyl (C=O) groups is 1. The second-order valence-electron chi connectivity index (χ2n) is 6.19. The number of nitrogens with zero attached hydrogens (tertiary/aromatic N) is 1. The first kappa shape index (κ1) is 16.2. The van der Waals surface area contributed by atoms with Crippen LogP contribution in [0.5, 0.6) is 0 Å². The Hall–Kier alpha value is -1.66. The zero-order valence-electron chi connectivity index (χ0n) is 13.4. The van der Waals surface area contributed by atoms with Gasteiger partial charge in [0, 0.05) is 11.4 Å². The zero-order valence-corrected chi connectivity index (χ0v) is 14.2. The molecule has 1 fully saturated rings. The van der Waals surface area contributed by atoms with Gasteiger partial charge < -0.3 is 15.5 Å². The monoisotopic (exact) mass is 333 g/mol. The third-order valence-electron chi connectivity index (χ3n) is 4.40. The summed E-state index contributed by atoms with van der Waals surface area (Å²) in [5, 5.41) is 5.89. The number of carbonyl (C=O) groups excluding carboxylic acids is 1. The van der Waals surface area contributed by atoms with Crippen molar-refractivity contribution in [2.45, 2.75) is 45.1 Å². The summed E-state index contributed by atoms with van der Waals surface area (Å²) in [5.41, 5.74) is 6.61. The fourth-order valence-electron chi connectivity index (χ4n) is 3.15. The summed E-state index contributed by atoms with van der Waals surface area (Å²) in [5.74, 6) is 2.06. The number of hydrogen-bond donors (Lipinski definition) is 2. The molecule has 2 aromatic rings. The largest absolute Gasteiger partial charge is 0.459 e. The number of rotatable bonds is 5. The lowest BCUT2D eigenvalue weighted by Gasteiger charge is -2.31. The topological polar surface area (TPSA) is 81.2 Å².